The van der Waals surface area contributed by atoms with E-state index in [9.17, 15) is 4.79 Å². The first-order valence-corrected chi connectivity index (χ1v) is 10.7. The molecule has 9 heteroatoms. The van der Waals surface area contributed by atoms with Crippen LogP contribution in [0, 0.1) is 13.8 Å². The maximum absolute atomic E-state index is 11.8. The molecule has 0 aromatic carbocycles. The van der Waals surface area contributed by atoms with Gasteiger partial charge in [-0.2, -0.15) is 12.6 Å². The molecule has 1 unspecified atom stereocenters. The number of alkyl carbamates (subject to hydrolysis) is 1. The minimum Gasteiger partial charge on any atom is -0.444 e. The lowest BCUT2D eigenvalue weighted by Crippen LogP contribution is -2.33. The van der Waals surface area contributed by atoms with Gasteiger partial charge in [-0.1, -0.05) is 6.92 Å². The molecule has 0 fully saturated rings. The lowest BCUT2D eigenvalue weighted by Gasteiger charge is -2.20. The summed E-state index contributed by atoms with van der Waals surface area (Å²) in [6, 6.07) is 0. The van der Waals surface area contributed by atoms with Crippen LogP contribution in [0.15, 0.2) is 17.4 Å². The number of aliphatic imine (C=N–C) groups is 1. The van der Waals surface area contributed by atoms with Crippen molar-refractivity contribution >= 4 is 41.2 Å². The number of nitrogens with one attached hydrogen (secondary N) is 1. The number of thioether (sulfide) groups is 1. The lowest BCUT2D eigenvalue weighted by molar-refractivity contribution is 0.0527. The zero-order chi connectivity index (χ0) is 20.9. The van der Waals surface area contributed by atoms with E-state index in [0.29, 0.717) is 12.4 Å². The van der Waals surface area contributed by atoms with Crippen LogP contribution in [0.1, 0.15) is 51.2 Å². The van der Waals surface area contributed by atoms with Crippen LogP contribution in [0.5, 0.6) is 0 Å². The molecule has 7 nitrogen and oxygen atoms in total. The van der Waals surface area contributed by atoms with Crippen molar-refractivity contribution in [3.05, 3.63) is 29.5 Å². The largest absolute Gasteiger partial charge is 0.444 e. The molecule has 0 saturated carbocycles. The number of amides is 1. The van der Waals surface area contributed by atoms with Crippen molar-refractivity contribution < 1.29 is 9.53 Å². The fraction of sp³-hybridized carbons (Fsp3) is 0.579. The van der Waals surface area contributed by atoms with E-state index in [1.807, 2.05) is 51.4 Å². The van der Waals surface area contributed by atoms with E-state index in [-0.39, 0.29) is 5.25 Å². The number of hydrogen-bond donors (Lipinski definition) is 2. The van der Waals surface area contributed by atoms with Crippen molar-refractivity contribution in [3.8, 4) is 0 Å². The fourth-order valence-electron chi connectivity index (χ4n) is 2.59. The fourth-order valence-corrected chi connectivity index (χ4v) is 3.80. The van der Waals surface area contributed by atoms with Crippen LogP contribution in [-0.2, 0) is 4.74 Å². The monoisotopic (exact) mass is 423 g/mol. The van der Waals surface area contributed by atoms with Crippen LogP contribution >= 0.6 is 24.4 Å². The number of carbonyl (C=O) groups excluding carboxylic acids is 1. The number of nitrogens with zero attached hydrogens (tertiary/aromatic N) is 4. The highest BCUT2D eigenvalue weighted by molar-refractivity contribution is 8.14. The molecule has 0 aliphatic rings. The maximum atomic E-state index is 11.8. The van der Waals surface area contributed by atoms with E-state index in [0.717, 1.165) is 34.2 Å². The molecule has 0 saturated heterocycles. The van der Waals surface area contributed by atoms with E-state index in [4.69, 9.17) is 9.72 Å². The van der Waals surface area contributed by atoms with Gasteiger partial charge in [-0.3, -0.25) is 9.98 Å². The van der Waals surface area contributed by atoms with Crippen molar-refractivity contribution in [1.29, 1.82) is 0 Å². The van der Waals surface area contributed by atoms with Crippen molar-refractivity contribution in [2.45, 2.75) is 58.8 Å². The molecule has 0 spiro atoms. The number of rotatable bonds is 6. The van der Waals surface area contributed by atoms with E-state index in [1.165, 1.54) is 0 Å². The number of hydrogen-bond acceptors (Lipinski definition) is 7. The Hall–Kier alpha value is -1.74. The van der Waals surface area contributed by atoms with Gasteiger partial charge in [0.1, 0.15) is 16.3 Å². The molecule has 154 valence electrons. The standard InChI is InChI=1S/C19H29N5O2S2/c1-12-9-24-10-15(23-16(24)14(3)22-12)17(21-11-27)28-13(2)7-8-20-18(25)26-19(4,5)6/h9-10,13,27H,7-8,11H2,1-6H3,(H,20,25). The number of ether oxygens (including phenoxy) is 1. The van der Waals surface area contributed by atoms with Crippen LogP contribution in [0.2, 0.25) is 0 Å². The number of aromatic nitrogens is 3. The summed E-state index contributed by atoms with van der Waals surface area (Å²) < 4.78 is 7.24. The Morgan fingerprint density at radius 2 is 2.07 bits per heavy atom. The summed E-state index contributed by atoms with van der Waals surface area (Å²) in [6.45, 7) is 12.1. The predicted molar refractivity (Wildman–Crippen MR) is 119 cm³/mol. The third-order valence-electron chi connectivity index (χ3n) is 3.69. The number of fused-ring (bicyclic) bond motifs is 1. The molecule has 28 heavy (non-hydrogen) atoms. The normalized spacial score (nSPS) is 13.6. The SMILES string of the molecule is Cc1cn2cc(C(=NCS)SC(C)CCNC(=O)OC(C)(C)C)nc2c(C)n1. The minimum absolute atomic E-state index is 0.236. The first kappa shape index (κ1) is 22.5. The zero-order valence-electron chi connectivity index (χ0n) is 17.3. The van der Waals surface area contributed by atoms with Crippen LogP contribution in [0.3, 0.4) is 0 Å². The Kier molecular flexibility index (Phi) is 7.77. The number of aryl methyl sites for hydroxylation is 2. The van der Waals surface area contributed by atoms with Gasteiger partial charge in [-0.05, 0) is 41.0 Å². The third-order valence-corrected chi connectivity index (χ3v) is 5.03. The van der Waals surface area contributed by atoms with Crippen molar-refractivity contribution in [1.82, 2.24) is 19.7 Å². The Bertz CT molecular complexity index is 858. The van der Waals surface area contributed by atoms with Crippen molar-refractivity contribution in [2.24, 2.45) is 4.99 Å². The van der Waals surface area contributed by atoms with Gasteiger partial charge in [0.2, 0.25) is 0 Å². The second kappa shape index (κ2) is 9.65. The highest BCUT2D eigenvalue weighted by Crippen LogP contribution is 2.22. The molecule has 0 aliphatic carbocycles. The summed E-state index contributed by atoms with van der Waals surface area (Å²) in [5.41, 5.74) is 2.96. The summed E-state index contributed by atoms with van der Waals surface area (Å²) in [5, 5.41) is 3.86. The summed E-state index contributed by atoms with van der Waals surface area (Å²) in [5.74, 6) is 0.384. The average Bonchev–Trinajstić information content (AvgIpc) is 2.97. The van der Waals surface area contributed by atoms with Gasteiger partial charge < -0.3 is 14.5 Å². The number of carbonyl (C=O) groups is 1. The predicted octanol–water partition coefficient (Wildman–Crippen LogP) is 4.02. The molecule has 0 bridgehead atoms. The zero-order valence-corrected chi connectivity index (χ0v) is 19.0. The number of thiol groups is 1. The Morgan fingerprint density at radius 1 is 1.36 bits per heavy atom. The summed E-state index contributed by atoms with van der Waals surface area (Å²) in [4.78, 5) is 25.4. The van der Waals surface area contributed by atoms with Gasteiger partial charge in [0.25, 0.3) is 0 Å². The summed E-state index contributed by atoms with van der Waals surface area (Å²) >= 11 is 5.87. The molecule has 1 atom stereocenters. The Labute approximate surface area is 176 Å². The highest BCUT2D eigenvalue weighted by Gasteiger charge is 2.17. The van der Waals surface area contributed by atoms with Gasteiger partial charge in [-0.25, -0.2) is 9.78 Å². The van der Waals surface area contributed by atoms with Gasteiger partial charge in [0.15, 0.2) is 5.65 Å². The van der Waals surface area contributed by atoms with E-state index >= 15 is 0 Å². The van der Waals surface area contributed by atoms with Crippen molar-refractivity contribution in [3.63, 3.8) is 0 Å². The molecule has 2 rings (SSSR count). The molecule has 1 amide bonds. The second-order valence-electron chi connectivity index (χ2n) is 7.58. The molecule has 1 N–H and O–H groups in total. The van der Waals surface area contributed by atoms with Gasteiger partial charge in [-0.15, -0.1) is 11.8 Å². The molecule has 2 aromatic rings. The topological polar surface area (TPSA) is 80.9 Å². The van der Waals surface area contributed by atoms with Gasteiger partial charge >= 0.3 is 6.09 Å². The van der Waals surface area contributed by atoms with E-state index < -0.39 is 11.7 Å². The van der Waals surface area contributed by atoms with Gasteiger partial charge in [0, 0.05) is 24.2 Å². The average molecular weight is 424 g/mol. The molecular weight excluding hydrogens is 394 g/mol. The first-order valence-electron chi connectivity index (χ1n) is 9.21. The second-order valence-corrected chi connectivity index (χ2v) is 9.29. The van der Waals surface area contributed by atoms with Gasteiger partial charge in [0.05, 0.1) is 17.3 Å². The summed E-state index contributed by atoms with van der Waals surface area (Å²) in [7, 11) is 0. The smallest absolute Gasteiger partial charge is 0.407 e. The molecule has 0 radical (unpaired) electrons. The Morgan fingerprint density at radius 3 is 2.71 bits per heavy atom. The lowest BCUT2D eigenvalue weighted by atomic mass is 10.2. The quantitative estimate of drug-likeness (QED) is 0.417. The molecule has 0 aliphatic heterocycles. The molecular formula is C19H29N5O2S2. The van der Waals surface area contributed by atoms with Crippen LogP contribution in [0.25, 0.3) is 5.65 Å². The number of imidazole rings is 1. The first-order chi connectivity index (χ1) is 13.1. The van der Waals surface area contributed by atoms with Crippen LogP contribution in [0.4, 0.5) is 4.79 Å². The Balaban J connectivity index is 2.00. The van der Waals surface area contributed by atoms with Crippen molar-refractivity contribution in [2.75, 3.05) is 12.4 Å². The highest BCUT2D eigenvalue weighted by atomic mass is 32.2. The van der Waals surface area contributed by atoms with Crippen LogP contribution in [-0.4, -0.2) is 48.8 Å². The van der Waals surface area contributed by atoms with E-state index in [1.54, 1.807) is 11.8 Å². The van der Waals surface area contributed by atoms with Crippen LogP contribution < -0.4 is 5.32 Å². The third kappa shape index (κ3) is 6.70. The minimum atomic E-state index is -0.495. The summed E-state index contributed by atoms with van der Waals surface area (Å²) in [6.07, 6.45) is 4.31. The van der Waals surface area contributed by atoms with E-state index in [2.05, 4.69) is 34.8 Å². The maximum Gasteiger partial charge on any atom is 0.407 e. The molecule has 2 aromatic heterocycles. The molecule has 2 heterocycles.